The number of nitrogens with zero attached hydrogens (tertiary/aromatic N) is 5. The first-order chi connectivity index (χ1) is 13.9. The summed E-state index contributed by atoms with van der Waals surface area (Å²) in [5.74, 6) is 1.57. The number of hydrogen-bond donors (Lipinski definition) is 1. The minimum atomic E-state index is 0.146. The maximum Gasteiger partial charge on any atom is 0.201 e. The normalized spacial score (nSPS) is 16.1. The highest BCUT2D eigenvalue weighted by Crippen LogP contribution is 2.36. The van der Waals surface area contributed by atoms with Crippen molar-refractivity contribution in [1.82, 2.24) is 23.9 Å². The molecule has 1 aromatic carbocycles. The molecule has 0 fully saturated rings. The fourth-order valence-corrected chi connectivity index (χ4v) is 4.27. The molecule has 1 aliphatic rings. The molecule has 2 aromatic heterocycles. The molecule has 1 aliphatic heterocycles. The van der Waals surface area contributed by atoms with Crippen LogP contribution in [0.15, 0.2) is 30.5 Å². The minimum absolute atomic E-state index is 0.146. The van der Waals surface area contributed by atoms with E-state index in [1.165, 1.54) is 11.3 Å². The van der Waals surface area contributed by atoms with E-state index in [2.05, 4.69) is 70.4 Å². The number of nitrogen functional groups attached to an aromatic ring is 1. The number of aromatic nitrogens is 3. The quantitative estimate of drug-likeness (QED) is 0.633. The summed E-state index contributed by atoms with van der Waals surface area (Å²) in [6, 6.07) is 8.33. The van der Waals surface area contributed by atoms with Gasteiger partial charge in [-0.05, 0) is 58.4 Å². The second-order valence-corrected chi connectivity index (χ2v) is 8.44. The molecule has 0 saturated heterocycles. The second-order valence-electron chi connectivity index (χ2n) is 8.44. The molecule has 0 amide bonds. The van der Waals surface area contributed by atoms with Crippen LogP contribution in [-0.4, -0.2) is 64.3 Å². The van der Waals surface area contributed by atoms with Crippen LogP contribution in [0.3, 0.4) is 0 Å². The van der Waals surface area contributed by atoms with Crippen LogP contribution >= 0.6 is 0 Å². The van der Waals surface area contributed by atoms with Gasteiger partial charge in [0.1, 0.15) is 11.9 Å². The Kier molecular flexibility index (Phi) is 5.52. The third kappa shape index (κ3) is 4.11. The van der Waals surface area contributed by atoms with E-state index < -0.39 is 0 Å². The second kappa shape index (κ2) is 8.08. The molecule has 29 heavy (non-hydrogen) atoms. The van der Waals surface area contributed by atoms with Crippen molar-refractivity contribution < 1.29 is 4.74 Å². The average molecular weight is 397 g/mol. The van der Waals surface area contributed by atoms with Gasteiger partial charge in [0, 0.05) is 50.6 Å². The third-order valence-electron chi connectivity index (χ3n) is 5.71. The Labute approximate surface area is 172 Å². The zero-order valence-electron chi connectivity index (χ0n) is 17.9. The average Bonchev–Trinajstić information content (AvgIpc) is 3.32. The van der Waals surface area contributed by atoms with Gasteiger partial charge >= 0.3 is 0 Å². The maximum atomic E-state index is 6.30. The van der Waals surface area contributed by atoms with Crippen molar-refractivity contribution in [2.24, 2.45) is 7.05 Å². The number of benzene rings is 1. The van der Waals surface area contributed by atoms with E-state index in [0.717, 1.165) is 55.8 Å². The summed E-state index contributed by atoms with van der Waals surface area (Å²) in [5.41, 5.74) is 10.9. The Morgan fingerprint density at radius 3 is 2.79 bits per heavy atom. The lowest BCUT2D eigenvalue weighted by Crippen LogP contribution is -2.32. The van der Waals surface area contributed by atoms with Gasteiger partial charge < -0.3 is 24.5 Å². The zero-order valence-corrected chi connectivity index (χ0v) is 17.9. The number of hydrogen-bond acceptors (Lipinski definition) is 5. The molecule has 1 atom stereocenters. The molecule has 0 bridgehead atoms. The van der Waals surface area contributed by atoms with E-state index >= 15 is 0 Å². The molecule has 3 heterocycles. The van der Waals surface area contributed by atoms with Crippen molar-refractivity contribution in [3.63, 3.8) is 0 Å². The molecule has 2 N–H and O–H groups in total. The van der Waals surface area contributed by atoms with E-state index in [0.29, 0.717) is 5.95 Å². The molecular formula is C22H32N6O. The molecule has 156 valence electrons. The Bertz CT molecular complexity index is 989. The summed E-state index contributed by atoms with van der Waals surface area (Å²) in [6.45, 7) is 3.68. The molecule has 4 rings (SSSR count). The number of fused-ring (bicyclic) bond motifs is 3. The molecule has 7 nitrogen and oxygen atoms in total. The predicted octanol–water partition coefficient (Wildman–Crippen LogP) is 2.34. The van der Waals surface area contributed by atoms with Crippen LogP contribution in [0.2, 0.25) is 0 Å². The highest BCUT2D eigenvalue weighted by atomic mass is 16.5. The van der Waals surface area contributed by atoms with Crippen LogP contribution in [0.5, 0.6) is 5.75 Å². The number of likely N-dealkylation sites (N-methyl/N-ethyl adjacent to an activating group) is 1. The smallest absolute Gasteiger partial charge is 0.201 e. The van der Waals surface area contributed by atoms with E-state index in [1.807, 2.05) is 12.1 Å². The van der Waals surface area contributed by atoms with Gasteiger partial charge in [-0.25, -0.2) is 4.98 Å². The number of imidazole rings is 1. The Balaban J connectivity index is 1.49. The zero-order chi connectivity index (χ0) is 20.5. The summed E-state index contributed by atoms with van der Waals surface area (Å²) in [6.07, 6.45) is 4.16. The van der Waals surface area contributed by atoms with Crippen LogP contribution in [0, 0.1) is 0 Å². The van der Waals surface area contributed by atoms with Gasteiger partial charge in [0.2, 0.25) is 5.95 Å². The first kappa shape index (κ1) is 19.8. The number of rotatable bonds is 8. The summed E-state index contributed by atoms with van der Waals surface area (Å²) in [7, 11) is 8.43. The van der Waals surface area contributed by atoms with Crippen molar-refractivity contribution in [3.05, 3.63) is 41.7 Å². The summed E-state index contributed by atoms with van der Waals surface area (Å²) < 4.78 is 10.6. The van der Waals surface area contributed by atoms with Crippen LogP contribution in [0.1, 0.15) is 17.7 Å². The van der Waals surface area contributed by atoms with Crippen LogP contribution < -0.4 is 10.5 Å². The van der Waals surface area contributed by atoms with Crippen molar-refractivity contribution in [3.8, 4) is 5.75 Å². The molecule has 0 aliphatic carbocycles. The van der Waals surface area contributed by atoms with Gasteiger partial charge in [-0.2, -0.15) is 0 Å². The third-order valence-corrected chi connectivity index (χ3v) is 5.71. The van der Waals surface area contributed by atoms with Crippen LogP contribution in [0.25, 0.3) is 11.0 Å². The summed E-state index contributed by atoms with van der Waals surface area (Å²) in [5, 5.41) is 0. The SMILES string of the molecule is CN(C)CCCn1c(N)nc2ccc3c(c21)CC(CN(C)Cc1cccn1C)O3. The Morgan fingerprint density at radius 1 is 1.24 bits per heavy atom. The van der Waals surface area contributed by atoms with Crippen LogP contribution in [-0.2, 0) is 26.6 Å². The van der Waals surface area contributed by atoms with Gasteiger partial charge in [0.15, 0.2) is 0 Å². The van der Waals surface area contributed by atoms with Crippen molar-refractivity contribution in [2.75, 3.05) is 40.0 Å². The van der Waals surface area contributed by atoms with E-state index in [-0.39, 0.29) is 6.10 Å². The van der Waals surface area contributed by atoms with Crippen LogP contribution in [0.4, 0.5) is 5.95 Å². The van der Waals surface area contributed by atoms with Crippen molar-refractivity contribution >= 4 is 17.0 Å². The van der Waals surface area contributed by atoms with E-state index in [1.54, 1.807) is 0 Å². The highest BCUT2D eigenvalue weighted by molar-refractivity contribution is 5.84. The number of ether oxygens (including phenoxy) is 1. The lowest BCUT2D eigenvalue weighted by atomic mass is 10.1. The maximum absolute atomic E-state index is 6.30. The van der Waals surface area contributed by atoms with Crippen molar-refractivity contribution in [1.29, 1.82) is 0 Å². The molecule has 0 radical (unpaired) electrons. The predicted molar refractivity (Wildman–Crippen MR) is 117 cm³/mol. The fraction of sp³-hybridized carbons (Fsp3) is 0.500. The Morgan fingerprint density at radius 2 is 2.07 bits per heavy atom. The standard InChI is InChI=1S/C22H32N6O/c1-25(2)10-6-12-28-21-18-13-17(15-26(3)14-16-7-5-11-27(16)4)29-20(18)9-8-19(21)24-22(28)23/h5,7-9,11,17H,6,10,12-15H2,1-4H3,(H2,23,24). The topological polar surface area (TPSA) is 64.5 Å². The Hall–Kier alpha value is -2.51. The minimum Gasteiger partial charge on any atom is -0.488 e. The summed E-state index contributed by atoms with van der Waals surface area (Å²) in [4.78, 5) is 9.11. The molecule has 7 heteroatoms. The monoisotopic (exact) mass is 396 g/mol. The van der Waals surface area contributed by atoms with Gasteiger partial charge in [0.25, 0.3) is 0 Å². The number of nitrogens with two attached hydrogens (primary N) is 1. The van der Waals surface area contributed by atoms with E-state index in [9.17, 15) is 0 Å². The number of anilines is 1. The largest absolute Gasteiger partial charge is 0.488 e. The van der Waals surface area contributed by atoms with E-state index in [4.69, 9.17) is 10.5 Å². The highest BCUT2D eigenvalue weighted by Gasteiger charge is 2.28. The molecule has 1 unspecified atom stereocenters. The molecule has 3 aromatic rings. The fourth-order valence-electron chi connectivity index (χ4n) is 4.27. The molecule has 0 spiro atoms. The first-order valence-electron chi connectivity index (χ1n) is 10.3. The lowest BCUT2D eigenvalue weighted by Gasteiger charge is -2.21. The molecular weight excluding hydrogens is 364 g/mol. The summed E-state index contributed by atoms with van der Waals surface area (Å²) >= 11 is 0. The number of aryl methyl sites for hydroxylation is 2. The molecule has 0 saturated carbocycles. The van der Waals surface area contributed by atoms with Gasteiger partial charge in [-0.3, -0.25) is 4.90 Å². The first-order valence-corrected chi connectivity index (χ1v) is 10.3. The van der Waals surface area contributed by atoms with Gasteiger partial charge in [-0.1, -0.05) is 0 Å². The van der Waals surface area contributed by atoms with Gasteiger partial charge in [-0.15, -0.1) is 0 Å². The van der Waals surface area contributed by atoms with Gasteiger partial charge in [0.05, 0.1) is 11.0 Å². The lowest BCUT2D eigenvalue weighted by molar-refractivity contribution is 0.163. The van der Waals surface area contributed by atoms with Crippen molar-refractivity contribution in [2.45, 2.75) is 32.0 Å².